The summed E-state index contributed by atoms with van der Waals surface area (Å²) in [5.41, 5.74) is 7.50. The number of aromatic nitrogens is 2. The highest BCUT2D eigenvalue weighted by Crippen LogP contribution is 2.43. The molecule has 1 aliphatic carbocycles. The van der Waals surface area contributed by atoms with Crippen molar-refractivity contribution in [2.45, 2.75) is 18.8 Å². The van der Waals surface area contributed by atoms with Crippen LogP contribution in [0.4, 0.5) is 8.78 Å². The van der Waals surface area contributed by atoms with Gasteiger partial charge in [-0.05, 0) is 24.1 Å². The molecule has 28 heavy (non-hydrogen) atoms. The van der Waals surface area contributed by atoms with Crippen molar-refractivity contribution in [2.75, 3.05) is 13.1 Å². The Morgan fingerprint density at radius 2 is 1.89 bits per heavy atom. The summed E-state index contributed by atoms with van der Waals surface area (Å²) in [7, 11) is 0. The van der Waals surface area contributed by atoms with Gasteiger partial charge in [0.05, 0.1) is 35.9 Å². The molecule has 1 aliphatic heterocycles. The summed E-state index contributed by atoms with van der Waals surface area (Å²) in [5.74, 6) is -3.42. The lowest BCUT2D eigenvalue weighted by molar-refractivity contribution is -0.118. The quantitative estimate of drug-likeness (QED) is 0.688. The Hall–Kier alpha value is -3.23. The first kappa shape index (κ1) is 18.1. The number of carbonyl (C=O) groups excluding carboxylic acids is 1. The second-order valence-electron chi connectivity index (χ2n) is 7.19. The molecule has 0 unspecified atom stereocenters. The molecule has 0 saturated heterocycles. The first-order valence-corrected chi connectivity index (χ1v) is 8.74. The summed E-state index contributed by atoms with van der Waals surface area (Å²) in [6, 6.07) is 4.21. The van der Waals surface area contributed by atoms with Crippen LogP contribution in [0.25, 0.3) is 16.8 Å². The van der Waals surface area contributed by atoms with E-state index < -0.39 is 5.92 Å². The maximum Gasteiger partial charge on any atom is 0.248 e. The first-order valence-electron chi connectivity index (χ1n) is 8.74. The molecule has 7 nitrogen and oxygen atoms in total. The molecule has 1 saturated carbocycles. The van der Waals surface area contributed by atoms with Crippen molar-refractivity contribution in [1.82, 2.24) is 14.9 Å². The Kier molecular flexibility index (Phi) is 4.17. The van der Waals surface area contributed by atoms with Crippen LogP contribution in [-0.2, 0) is 4.79 Å². The number of phenols is 2. The van der Waals surface area contributed by atoms with Gasteiger partial charge in [-0.2, -0.15) is 0 Å². The summed E-state index contributed by atoms with van der Waals surface area (Å²) in [6.45, 7) is 0.324. The molecule has 0 bridgehead atoms. The number of phenolic OH excluding ortho intramolecular Hbond substituents is 2. The van der Waals surface area contributed by atoms with Crippen molar-refractivity contribution in [3.63, 3.8) is 0 Å². The number of nitrogens with two attached hydrogens (primary N) is 1. The molecule has 1 aromatic heterocycles. The Morgan fingerprint density at radius 1 is 1.18 bits per heavy atom. The van der Waals surface area contributed by atoms with Crippen molar-refractivity contribution in [2.24, 2.45) is 11.7 Å². The predicted octanol–water partition coefficient (Wildman–Crippen LogP) is 2.11. The number of rotatable bonds is 4. The van der Waals surface area contributed by atoms with Gasteiger partial charge in [-0.25, -0.2) is 13.8 Å². The van der Waals surface area contributed by atoms with E-state index in [1.165, 1.54) is 24.5 Å². The van der Waals surface area contributed by atoms with Crippen LogP contribution < -0.4 is 5.73 Å². The van der Waals surface area contributed by atoms with Crippen molar-refractivity contribution < 1.29 is 23.8 Å². The number of aromatic hydroxyl groups is 2. The van der Waals surface area contributed by atoms with Gasteiger partial charge in [-0.15, -0.1) is 0 Å². The Morgan fingerprint density at radius 3 is 2.57 bits per heavy atom. The van der Waals surface area contributed by atoms with E-state index in [4.69, 9.17) is 5.73 Å². The molecule has 4 N–H and O–H groups in total. The van der Waals surface area contributed by atoms with E-state index in [1.54, 1.807) is 11.0 Å². The third kappa shape index (κ3) is 3.23. The standard InChI is InChI=1S/C19H18F2N4O3/c20-19(21)4-10(5-19)8-25-9-16(28)17(18(25)22)13-7-23-6-12(24-13)11-1-2-14(26)15(27)3-11/h1-3,6-7,10,26-27H,4-5,8-9,22H2. The lowest BCUT2D eigenvalue weighted by atomic mass is 9.81. The largest absolute Gasteiger partial charge is 0.504 e. The van der Waals surface area contributed by atoms with E-state index in [0.717, 1.165) is 0 Å². The van der Waals surface area contributed by atoms with Gasteiger partial charge in [0.25, 0.3) is 0 Å². The number of hydrogen-bond acceptors (Lipinski definition) is 7. The molecule has 1 fully saturated rings. The van der Waals surface area contributed by atoms with Crippen LogP contribution in [0, 0.1) is 5.92 Å². The molecular formula is C19H18F2N4O3. The van der Waals surface area contributed by atoms with Gasteiger partial charge in [0.1, 0.15) is 5.82 Å². The van der Waals surface area contributed by atoms with Gasteiger partial charge in [-0.1, -0.05) is 0 Å². The zero-order valence-corrected chi connectivity index (χ0v) is 14.8. The van der Waals surface area contributed by atoms with E-state index in [9.17, 15) is 23.8 Å². The molecule has 9 heteroatoms. The summed E-state index contributed by atoms with van der Waals surface area (Å²) in [4.78, 5) is 22.6. The van der Waals surface area contributed by atoms with E-state index in [0.29, 0.717) is 17.8 Å². The van der Waals surface area contributed by atoms with Crippen molar-refractivity contribution >= 4 is 11.4 Å². The van der Waals surface area contributed by atoms with Crippen LogP contribution >= 0.6 is 0 Å². The molecule has 0 amide bonds. The fourth-order valence-electron chi connectivity index (χ4n) is 3.61. The SMILES string of the molecule is NC1=C(c2cncc(-c3ccc(O)c(O)c3)n2)C(=O)CN1CC1CC(F)(F)C1. The number of carbonyl (C=O) groups is 1. The topological polar surface area (TPSA) is 113 Å². The highest BCUT2D eigenvalue weighted by Gasteiger charge is 2.46. The number of ketones is 1. The van der Waals surface area contributed by atoms with Gasteiger partial charge in [0.2, 0.25) is 5.92 Å². The molecule has 4 rings (SSSR count). The minimum atomic E-state index is -2.62. The Labute approximate surface area is 159 Å². The predicted molar refractivity (Wildman–Crippen MR) is 96.2 cm³/mol. The second-order valence-corrected chi connectivity index (χ2v) is 7.19. The minimum Gasteiger partial charge on any atom is -0.504 e. The molecule has 0 atom stereocenters. The average Bonchev–Trinajstić information content (AvgIpc) is 2.89. The van der Waals surface area contributed by atoms with Crippen molar-refractivity contribution in [1.29, 1.82) is 0 Å². The molecule has 2 heterocycles. The molecular weight excluding hydrogens is 370 g/mol. The highest BCUT2D eigenvalue weighted by atomic mass is 19.3. The van der Waals surface area contributed by atoms with Crippen LogP contribution in [-0.4, -0.2) is 49.9 Å². The fourth-order valence-corrected chi connectivity index (χ4v) is 3.61. The normalized spacial score (nSPS) is 19.2. The van der Waals surface area contributed by atoms with Gasteiger partial charge in [0.15, 0.2) is 17.3 Å². The number of alkyl halides is 2. The third-order valence-corrected chi connectivity index (χ3v) is 5.03. The van der Waals surface area contributed by atoms with Gasteiger partial charge in [-0.3, -0.25) is 9.78 Å². The lowest BCUT2D eigenvalue weighted by Crippen LogP contribution is -2.42. The molecule has 0 spiro atoms. The smallest absolute Gasteiger partial charge is 0.248 e. The number of benzene rings is 1. The van der Waals surface area contributed by atoms with Crippen LogP contribution in [0.1, 0.15) is 18.5 Å². The number of nitrogens with zero attached hydrogens (tertiary/aromatic N) is 3. The molecule has 2 aliphatic rings. The van der Waals surface area contributed by atoms with E-state index in [2.05, 4.69) is 9.97 Å². The summed E-state index contributed by atoms with van der Waals surface area (Å²) < 4.78 is 26.1. The summed E-state index contributed by atoms with van der Waals surface area (Å²) in [5, 5.41) is 19.1. The first-order chi connectivity index (χ1) is 13.2. The highest BCUT2D eigenvalue weighted by molar-refractivity contribution is 6.23. The lowest BCUT2D eigenvalue weighted by Gasteiger charge is -2.37. The average molecular weight is 388 g/mol. The zero-order chi connectivity index (χ0) is 20.1. The number of halogens is 2. The Balaban J connectivity index is 1.60. The zero-order valence-electron chi connectivity index (χ0n) is 14.8. The number of Topliss-reactive ketones (excluding diaryl/α,β-unsaturated/α-hetero) is 1. The third-order valence-electron chi connectivity index (χ3n) is 5.03. The van der Waals surface area contributed by atoms with Crippen LogP contribution in [0.15, 0.2) is 36.4 Å². The molecule has 146 valence electrons. The van der Waals surface area contributed by atoms with Crippen LogP contribution in [0.5, 0.6) is 11.5 Å². The van der Waals surface area contributed by atoms with Crippen LogP contribution in [0.2, 0.25) is 0 Å². The van der Waals surface area contributed by atoms with Gasteiger partial charge in [0, 0.05) is 24.9 Å². The van der Waals surface area contributed by atoms with Gasteiger partial charge >= 0.3 is 0 Å². The Bertz CT molecular complexity index is 985. The van der Waals surface area contributed by atoms with Gasteiger partial charge < -0.3 is 20.8 Å². The number of hydrogen-bond donors (Lipinski definition) is 3. The maximum absolute atomic E-state index is 13.1. The fraction of sp³-hybridized carbons (Fsp3) is 0.316. The minimum absolute atomic E-state index is 0.0230. The molecule has 2 aromatic rings. The monoisotopic (exact) mass is 388 g/mol. The summed E-state index contributed by atoms with van der Waals surface area (Å²) >= 11 is 0. The maximum atomic E-state index is 13.1. The molecule has 1 aromatic carbocycles. The van der Waals surface area contributed by atoms with E-state index in [1.807, 2.05) is 0 Å². The van der Waals surface area contributed by atoms with E-state index in [-0.39, 0.29) is 59.7 Å². The van der Waals surface area contributed by atoms with Crippen LogP contribution in [0.3, 0.4) is 0 Å². The summed E-state index contributed by atoms with van der Waals surface area (Å²) in [6.07, 6.45) is 2.48. The van der Waals surface area contributed by atoms with E-state index >= 15 is 0 Å². The molecule has 0 radical (unpaired) electrons. The second kappa shape index (κ2) is 6.43. The van der Waals surface area contributed by atoms with Crippen molar-refractivity contribution in [3.05, 3.63) is 42.1 Å². The van der Waals surface area contributed by atoms with Crippen molar-refractivity contribution in [3.8, 4) is 22.8 Å².